The van der Waals surface area contributed by atoms with Crippen molar-refractivity contribution in [1.82, 2.24) is 0 Å². The lowest BCUT2D eigenvalue weighted by atomic mass is 10.0. The molecule has 0 saturated heterocycles. The monoisotopic (exact) mass is 401 g/mol. The predicted octanol–water partition coefficient (Wildman–Crippen LogP) is 2.71. The third-order valence-electron chi connectivity index (χ3n) is 5.39. The number of sulfonamides is 1. The minimum Gasteiger partial charge on any atom is -0.478 e. The summed E-state index contributed by atoms with van der Waals surface area (Å²) in [5.74, 6) is -2.22. The molecule has 1 heterocycles. The van der Waals surface area contributed by atoms with Crippen LogP contribution < -0.4 is 4.31 Å². The highest BCUT2D eigenvalue weighted by atomic mass is 32.2. The van der Waals surface area contributed by atoms with Crippen LogP contribution in [0.5, 0.6) is 0 Å². The summed E-state index contributed by atoms with van der Waals surface area (Å²) in [6.07, 6.45) is 3.21. The summed E-state index contributed by atoms with van der Waals surface area (Å²) in [6, 6.07) is 7.25. The molecule has 28 heavy (non-hydrogen) atoms. The van der Waals surface area contributed by atoms with Crippen molar-refractivity contribution in [3.8, 4) is 0 Å². The van der Waals surface area contributed by atoms with E-state index in [9.17, 15) is 28.2 Å². The number of hydrogen-bond donors (Lipinski definition) is 2. The van der Waals surface area contributed by atoms with Gasteiger partial charge in [-0.2, -0.15) is 0 Å². The first-order valence-electron chi connectivity index (χ1n) is 9.07. The smallest absolute Gasteiger partial charge is 0.335 e. The topological polar surface area (TPSA) is 112 Å². The Morgan fingerprint density at radius 1 is 0.857 bits per heavy atom. The van der Waals surface area contributed by atoms with E-state index in [-0.39, 0.29) is 22.6 Å². The zero-order valence-corrected chi connectivity index (χ0v) is 15.8. The lowest BCUT2D eigenvalue weighted by Crippen LogP contribution is -2.36. The van der Waals surface area contributed by atoms with Crippen LogP contribution in [0.15, 0.2) is 35.2 Å². The number of benzene rings is 2. The fourth-order valence-electron chi connectivity index (χ4n) is 4.08. The van der Waals surface area contributed by atoms with Gasteiger partial charge < -0.3 is 10.2 Å². The maximum Gasteiger partial charge on any atom is 0.335 e. The first-order valence-corrected chi connectivity index (χ1v) is 10.5. The van der Waals surface area contributed by atoms with Gasteiger partial charge >= 0.3 is 11.9 Å². The molecule has 0 bridgehead atoms. The molecule has 0 fully saturated rings. The molecule has 0 aromatic heterocycles. The van der Waals surface area contributed by atoms with Gasteiger partial charge in [-0.05, 0) is 79.1 Å². The molecule has 146 valence electrons. The van der Waals surface area contributed by atoms with Crippen molar-refractivity contribution in [3.05, 3.63) is 58.1 Å². The van der Waals surface area contributed by atoms with Crippen molar-refractivity contribution in [2.75, 3.05) is 10.8 Å². The molecule has 1 aliphatic heterocycles. The van der Waals surface area contributed by atoms with Crippen LogP contribution in [-0.4, -0.2) is 37.1 Å². The second kappa shape index (κ2) is 6.63. The van der Waals surface area contributed by atoms with E-state index < -0.39 is 22.0 Å². The van der Waals surface area contributed by atoms with Crippen molar-refractivity contribution in [2.24, 2.45) is 0 Å². The van der Waals surface area contributed by atoms with E-state index in [1.807, 2.05) is 0 Å². The van der Waals surface area contributed by atoms with Gasteiger partial charge in [0.25, 0.3) is 10.0 Å². The Balaban J connectivity index is 1.85. The van der Waals surface area contributed by atoms with Gasteiger partial charge in [0.05, 0.1) is 21.7 Å². The third-order valence-corrected chi connectivity index (χ3v) is 7.27. The van der Waals surface area contributed by atoms with Gasteiger partial charge in [-0.1, -0.05) is 0 Å². The molecular weight excluding hydrogens is 382 g/mol. The van der Waals surface area contributed by atoms with E-state index in [1.54, 1.807) is 6.07 Å². The van der Waals surface area contributed by atoms with Crippen LogP contribution in [0.1, 0.15) is 50.2 Å². The normalized spacial score (nSPS) is 15.8. The number of carboxylic acids is 2. The predicted molar refractivity (Wildman–Crippen MR) is 102 cm³/mol. The molecule has 0 amide bonds. The number of nitrogens with zero attached hydrogens (tertiary/aromatic N) is 1. The number of anilines is 1. The molecule has 2 aromatic rings. The van der Waals surface area contributed by atoms with Gasteiger partial charge in [0.1, 0.15) is 0 Å². The van der Waals surface area contributed by atoms with Crippen molar-refractivity contribution >= 4 is 27.6 Å². The second-order valence-electron chi connectivity index (χ2n) is 7.10. The Kier molecular flexibility index (Phi) is 4.38. The van der Waals surface area contributed by atoms with Crippen LogP contribution in [0.2, 0.25) is 0 Å². The van der Waals surface area contributed by atoms with E-state index in [0.717, 1.165) is 12.0 Å². The van der Waals surface area contributed by atoms with E-state index >= 15 is 0 Å². The van der Waals surface area contributed by atoms with Crippen LogP contribution in [-0.2, 0) is 29.3 Å². The average molecular weight is 401 g/mol. The Hall–Kier alpha value is -2.87. The molecule has 7 nitrogen and oxygen atoms in total. The highest BCUT2D eigenvalue weighted by molar-refractivity contribution is 7.92. The molecule has 2 aliphatic rings. The summed E-state index contributed by atoms with van der Waals surface area (Å²) in [6.45, 7) is 0.272. The second-order valence-corrected chi connectivity index (χ2v) is 8.93. The van der Waals surface area contributed by atoms with Gasteiger partial charge in [-0.15, -0.1) is 0 Å². The Bertz CT molecular complexity index is 1110. The minimum atomic E-state index is -3.97. The SMILES string of the molecule is O=C(O)c1ccc2c(c1)CCCN2S(=O)(=O)c1cc(C(=O)O)cc2c1CCC2. The summed E-state index contributed by atoms with van der Waals surface area (Å²) in [5.41, 5.74) is 2.69. The van der Waals surface area contributed by atoms with E-state index in [0.29, 0.717) is 42.5 Å². The molecule has 4 rings (SSSR count). The third kappa shape index (κ3) is 2.93. The summed E-state index contributed by atoms with van der Waals surface area (Å²) in [5, 5.41) is 18.6. The molecule has 8 heteroatoms. The van der Waals surface area contributed by atoms with Crippen molar-refractivity contribution in [1.29, 1.82) is 0 Å². The van der Waals surface area contributed by atoms with Crippen LogP contribution in [0.3, 0.4) is 0 Å². The van der Waals surface area contributed by atoms with Gasteiger partial charge in [0, 0.05) is 6.54 Å². The summed E-state index contributed by atoms with van der Waals surface area (Å²) in [7, 11) is -3.97. The summed E-state index contributed by atoms with van der Waals surface area (Å²) < 4.78 is 28.3. The number of aromatic carboxylic acids is 2. The first kappa shape index (κ1) is 18.5. The molecule has 0 radical (unpaired) electrons. The number of hydrogen-bond acceptors (Lipinski definition) is 4. The molecule has 2 N–H and O–H groups in total. The first-order chi connectivity index (χ1) is 13.3. The number of carboxylic acid groups (broad SMARTS) is 2. The van der Waals surface area contributed by atoms with Gasteiger partial charge in [-0.25, -0.2) is 18.0 Å². The van der Waals surface area contributed by atoms with Crippen molar-refractivity contribution in [2.45, 2.75) is 37.0 Å². The largest absolute Gasteiger partial charge is 0.478 e. The Morgan fingerprint density at radius 3 is 2.25 bits per heavy atom. The number of fused-ring (bicyclic) bond motifs is 2. The number of carbonyl (C=O) groups is 2. The zero-order valence-electron chi connectivity index (χ0n) is 15.0. The maximum absolute atomic E-state index is 13.5. The van der Waals surface area contributed by atoms with E-state index in [1.165, 1.54) is 28.6 Å². The Labute approximate surface area is 162 Å². The fourth-order valence-corrected chi connectivity index (χ4v) is 5.95. The molecule has 0 spiro atoms. The van der Waals surface area contributed by atoms with Crippen LogP contribution in [0.4, 0.5) is 5.69 Å². The van der Waals surface area contributed by atoms with E-state index in [2.05, 4.69) is 0 Å². The highest BCUT2D eigenvalue weighted by Gasteiger charge is 2.33. The lowest BCUT2D eigenvalue weighted by molar-refractivity contribution is 0.0686. The van der Waals surface area contributed by atoms with Crippen molar-refractivity contribution < 1.29 is 28.2 Å². The average Bonchev–Trinajstić information content (AvgIpc) is 3.14. The molecule has 2 aromatic carbocycles. The Morgan fingerprint density at radius 2 is 1.54 bits per heavy atom. The van der Waals surface area contributed by atoms with Gasteiger partial charge in [-0.3, -0.25) is 4.31 Å². The number of aryl methyl sites for hydroxylation is 2. The minimum absolute atomic E-state index is 0.0299. The van der Waals surface area contributed by atoms with Crippen molar-refractivity contribution in [3.63, 3.8) is 0 Å². The molecule has 0 unspecified atom stereocenters. The van der Waals surface area contributed by atoms with Crippen LogP contribution in [0, 0.1) is 0 Å². The highest BCUT2D eigenvalue weighted by Crippen LogP contribution is 2.37. The maximum atomic E-state index is 13.5. The van der Waals surface area contributed by atoms with E-state index in [4.69, 9.17) is 0 Å². The fraction of sp³-hybridized carbons (Fsp3) is 0.300. The molecule has 1 aliphatic carbocycles. The lowest BCUT2D eigenvalue weighted by Gasteiger charge is -2.31. The van der Waals surface area contributed by atoms with Crippen LogP contribution >= 0.6 is 0 Å². The van der Waals surface area contributed by atoms with Gasteiger partial charge in [0.15, 0.2) is 0 Å². The molecule has 0 atom stereocenters. The number of rotatable bonds is 4. The van der Waals surface area contributed by atoms with Crippen LogP contribution in [0.25, 0.3) is 0 Å². The summed E-state index contributed by atoms with van der Waals surface area (Å²) in [4.78, 5) is 22.8. The van der Waals surface area contributed by atoms with Gasteiger partial charge in [0.2, 0.25) is 0 Å². The quantitative estimate of drug-likeness (QED) is 0.815. The standard InChI is InChI=1S/C20H19NO6S/c22-19(23)14-6-7-17-13(10-14)4-2-8-21(17)28(26,27)18-11-15(20(24)25)9-12-3-1-5-16(12)18/h6-7,9-11H,1-5,8H2,(H,22,23)(H,24,25). The summed E-state index contributed by atoms with van der Waals surface area (Å²) >= 11 is 0. The molecule has 0 saturated carbocycles. The molecular formula is C20H19NO6S. The zero-order chi connectivity index (χ0) is 20.1.